The second-order valence-corrected chi connectivity index (χ2v) is 11.4. The topological polar surface area (TPSA) is 48.8 Å². The number of piperazine rings is 1. The Morgan fingerprint density at radius 2 is 1.50 bits per heavy atom. The fourth-order valence-corrected chi connectivity index (χ4v) is 6.44. The summed E-state index contributed by atoms with van der Waals surface area (Å²) in [5, 5.41) is 0.980. The summed E-state index contributed by atoms with van der Waals surface area (Å²) < 4.78 is 27.9. The number of anilines is 1. The fraction of sp³-hybridized carbons (Fsp3) is 0.310. The summed E-state index contributed by atoms with van der Waals surface area (Å²) in [6.45, 7) is 7.08. The zero-order valence-corrected chi connectivity index (χ0v) is 21.6. The largest absolute Gasteiger partial charge is 0.368 e. The summed E-state index contributed by atoms with van der Waals surface area (Å²) in [6.07, 6.45) is 2.83. The molecular formula is C29H34N4O2S. The highest BCUT2D eigenvalue weighted by Gasteiger charge is 2.22. The third-order valence-electron chi connectivity index (χ3n) is 7.00. The molecule has 0 spiro atoms. The van der Waals surface area contributed by atoms with Crippen LogP contribution in [-0.4, -0.2) is 68.5 Å². The van der Waals surface area contributed by atoms with Crippen molar-refractivity contribution in [1.29, 1.82) is 0 Å². The number of hydrogen-bond acceptors (Lipinski definition) is 5. The second-order valence-electron chi connectivity index (χ2n) is 9.55. The lowest BCUT2D eigenvalue weighted by Gasteiger charge is -2.36. The van der Waals surface area contributed by atoms with Gasteiger partial charge in [-0.15, -0.1) is 0 Å². The van der Waals surface area contributed by atoms with Crippen LogP contribution in [0.25, 0.3) is 10.9 Å². The Labute approximate surface area is 214 Å². The minimum Gasteiger partial charge on any atom is -0.368 e. The number of nitrogens with zero attached hydrogens (tertiary/aromatic N) is 4. The van der Waals surface area contributed by atoms with Crippen LogP contribution in [0.4, 0.5) is 5.69 Å². The fourth-order valence-electron chi connectivity index (χ4n) is 5.07. The van der Waals surface area contributed by atoms with Crippen molar-refractivity contribution in [3.63, 3.8) is 0 Å². The highest BCUT2D eigenvalue weighted by molar-refractivity contribution is 7.90. The Morgan fingerprint density at radius 1 is 0.806 bits per heavy atom. The van der Waals surface area contributed by atoms with Gasteiger partial charge in [-0.3, -0.25) is 4.90 Å². The molecule has 0 N–H and O–H groups in total. The third kappa shape index (κ3) is 5.33. The van der Waals surface area contributed by atoms with Crippen molar-refractivity contribution in [2.45, 2.75) is 17.9 Å². The van der Waals surface area contributed by atoms with E-state index >= 15 is 0 Å². The quantitative estimate of drug-likeness (QED) is 0.337. The Bertz CT molecular complexity index is 1380. The van der Waals surface area contributed by atoms with Gasteiger partial charge in [0.05, 0.1) is 10.4 Å². The summed E-state index contributed by atoms with van der Waals surface area (Å²) >= 11 is 0. The van der Waals surface area contributed by atoms with Gasteiger partial charge in [-0.1, -0.05) is 54.6 Å². The minimum absolute atomic E-state index is 0.302. The van der Waals surface area contributed by atoms with E-state index in [1.165, 1.54) is 9.54 Å². The SMILES string of the molecule is CN(CCCN1CCN(c2cccc3c2ccn3S(=O)(=O)c2ccccc2)CC1)Cc1ccccc1. The first-order chi connectivity index (χ1) is 17.5. The molecule has 5 rings (SSSR count). The van der Waals surface area contributed by atoms with Crippen LogP contribution in [0.3, 0.4) is 0 Å². The van der Waals surface area contributed by atoms with E-state index in [9.17, 15) is 8.42 Å². The summed E-state index contributed by atoms with van der Waals surface area (Å²) in [6, 6.07) is 27.1. The number of fused-ring (bicyclic) bond motifs is 1. The molecule has 1 aromatic heterocycles. The van der Waals surface area contributed by atoms with E-state index in [1.807, 2.05) is 24.3 Å². The average molecular weight is 503 g/mol. The molecule has 1 aliphatic rings. The Morgan fingerprint density at radius 3 is 2.22 bits per heavy atom. The van der Waals surface area contributed by atoms with Crippen molar-refractivity contribution in [3.8, 4) is 0 Å². The van der Waals surface area contributed by atoms with Crippen LogP contribution in [0, 0.1) is 0 Å². The van der Waals surface area contributed by atoms with E-state index in [-0.39, 0.29) is 0 Å². The Balaban J connectivity index is 1.19. The first-order valence-corrected chi connectivity index (χ1v) is 14.1. The van der Waals surface area contributed by atoms with Gasteiger partial charge in [0.25, 0.3) is 10.0 Å². The molecule has 7 heteroatoms. The molecule has 0 atom stereocenters. The predicted octanol–water partition coefficient (Wildman–Crippen LogP) is 4.52. The second kappa shape index (κ2) is 10.9. The van der Waals surface area contributed by atoms with Gasteiger partial charge in [0.1, 0.15) is 0 Å². The average Bonchev–Trinajstić information content (AvgIpc) is 3.36. The van der Waals surface area contributed by atoms with Crippen molar-refractivity contribution in [2.75, 3.05) is 51.2 Å². The third-order valence-corrected chi connectivity index (χ3v) is 8.70. The zero-order valence-electron chi connectivity index (χ0n) is 20.8. The van der Waals surface area contributed by atoms with E-state index in [1.54, 1.807) is 30.5 Å². The van der Waals surface area contributed by atoms with Gasteiger partial charge >= 0.3 is 0 Å². The molecule has 1 aliphatic heterocycles. The van der Waals surface area contributed by atoms with Crippen LogP contribution in [0.5, 0.6) is 0 Å². The summed E-state index contributed by atoms with van der Waals surface area (Å²) in [5.41, 5.74) is 3.19. The molecule has 6 nitrogen and oxygen atoms in total. The first kappa shape index (κ1) is 24.6. The lowest BCUT2D eigenvalue weighted by molar-refractivity contribution is 0.232. The molecule has 188 valence electrons. The number of benzene rings is 3. The van der Waals surface area contributed by atoms with Crippen molar-refractivity contribution in [3.05, 3.63) is 96.7 Å². The standard InChI is InChI=1S/C29H34N4O2S/c1-30(24-25-10-4-2-5-11-25)17-9-18-31-20-22-32(23-21-31)28-14-8-15-29-27(28)16-19-33(29)36(34,35)26-12-6-3-7-13-26/h2-8,10-16,19H,9,17-18,20-24H2,1H3. The molecule has 0 saturated carbocycles. The molecule has 4 aromatic rings. The van der Waals surface area contributed by atoms with Crippen molar-refractivity contribution < 1.29 is 8.42 Å². The van der Waals surface area contributed by atoms with Gasteiger partial charge < -0.3 is 9.80 Å². The van der Waals surface area contributed by atoms with Crippen molar-refractivity contribution in [1.82, 2.24) is 13.8 Å². The summed E-state index contributed by atoms with van der Waals surface area (Å²) in [4.78, 5) is 7.62. The number of hydrogen-bond donors (Lipinski definition) is 0. The monoisotopic (exact) mass is 502 g/mol. The molecule has 0 unspecified atom stereocenters. The molecule has 36 heavy (non-hydrogen) atoms. The maximum absolute atomic E-state index is 13.2. The van der Waals surface area contributed by atoms with E-state index in [0.29, 0.717) is 4.90 Å². The number of rotatable bonds is 9. The van der Waals surface area contributed by atoms with Gasteiger partial charge in [0, 0.05) is 50.0 Å². The van der Waals surface area contributed by atoms with E-state index in [4.69, 9.17) is 0 Å². The molecule has 0 radical (unpaired) electrons. The van der Waals surface area contributed by atoms with Gasteiger partial charge in [0.15, 0.2) is 0 Å². The predicted molar refractivity (Wildman–Crippen MR) is 147 cm³/mol. The van der Waals surface area contributed by atoms with Crippen LogP contribution in [0.15, 0.2) is 96.0 Å². The van der Waals surface area contributed by atoms with Gasteiger partial charge in [-0.05, 0) is 62.5 Å². The number of aromatic nitrogens is 1. The molecule has 0 amide bonds. The first-order valence-electron chi connectivity index (χ1n) is 12.6. The Hall–Kier alpha value is -3.13. The van der Waals surface area contributed by atoms with Gasteiger partial charge in [-0.25, -0.2) is 12.4 Å². The van der Waals surface area contributed by atoms with Crippen LogP contribution in [0.1, 0.15) is 12.0 Å². The maximum atomic E-state index is 13.2. The molecule has 3 aromatic carbocycles. The molecule has 2 heterocycles. The highest BCUT2D eigenvalue weighted by atomic mass is 32.2. The van der Waals surface area contributed by atoms with Crippen LogP contribution < -0.4 is 4.90 Å². The summed E-state index contributed by atoms with van der Waals surface area (Å²) in [7, 11) is -1.44. The van der Waals surface area contributed by atoms with E-state index < -0.39 is 10.0 Å². The van der Waals surface area contributed by atoms with Crippen LogP contribution >= 0.6 is 0 Å². The summed E-state index contributed by atoms with van der Waals surface area (Å²) in [5.74, 6) is 0. The van der Waals surface area contributed by atoms with Crippen LogP contribution in [-0.2, 0) is 16.6 Å². The molecule has 1 saturated heterocycles. The van der Waals surface area contributed by atoms with E-state index in [2.05, 4.69) is 58.1 Å². The van der Waals surface area contributed by atoms with Crippen molar-refractivity contribution in [2.24, 2.45) is 0 Å². The van der Waals surface area contributed by atoms with Gasteiger partial charge in [-0.2, -0.15) is 0 Å². The molecular weight excluding hydrogens is 468 g/mol. The van der Waals surface area contributed by atoms with E-state index in [0.717, 1.165) is 68.8 Å². The molecule has 0 aliphatic carbocycles. The maximum Gasteiger partial charge on any atom is 0.268 e. The van der Waals surface area contributed by atoms with Crippen LogP contribution in [0.2, 0.25) is 0 Å². The normalized spacial score (nSPS) is 15.1. The zero-order chi connectivity index (χ0) is 25.0. The molecule has 0 bridgehead atoms. The lowest BCUT2D eigenvalue weighted by Crippen LogP contribution is -2.47. The lowest BCUT2D eigenvalue weighted by atomic mass is 10.1. The van der Waals surface area contributed by atoms with Crippen molar-refractivity contribution >= 4 is 26.6 Å². The minimum atomic E-state index is -3.63. The highest BCUT2D eigenvalue weighted by Crippen LogP contribution is 2.30. The Kier molecular flexibility index (Phi) is 7.41. The smallest absolute Gasteiger partial charge is 0.268 e. The molecule has 1 fully saturated rings. The van der Waals surface area contributed by atoms with Gasteiger partial charge in [0.2, 0.25) is 0 Å².